The van der Waals surface area contributed by atoms with Gasteiger partial charge in [-0.25, -0.2) is 10.3 Å². The standard InChI is InChI=1S/C10H19N3O3/c1-10(2,3)16-9(15)13-5-7(12-11)4-8(13)6-14/h7-8,11,14H,4-6H2,1-3H3. The minimum absolute atomic E-state index is 0.120. The van der Waals surface area contributed by atoms with Crippen molar-refractivity contribution in [2.45, 2.75) is 44.9 Å². The molecule has 92 valence electrons. The van der Waals surface area contributed by atoms with Crippen LogP contribution in [0.2, 0.25) is 0 Å². The number of nitrogens with zero attached hydrogens (tertiary/aromatic N) is 2. The summed E-state index contributed by atoms with van der Waals surface area (Å²) in [6, 6.07) is -0.501. The fourth-order valence-electron chi connectivity index (χ4n) is 1.70. The van der Waals surface area contributed by atoms with Gasteiger partial charge in [-0.15, -0.1) is 0 Å². The van der Waals surface area contributed by atoms with Gasteiger partial charge in [-0.3, -0.25) is 0 Å². The Morgan fingerprint density at radius 1 is 1.62 bits per heavy atom. The second-order valence-electron chi connectivity index (χ2n) is 4.99. The number of aliphatic hydroxyl groups is 1. The normalized spacial score (nSPS) is 25.6. The van der Waals surface area contributed by atoms with E-state index < -0.39 is 11.7 Å². The number of rotatable bonds is 2. The van der Waals surface area contributed by atoms with Gasteiger partial charge in [0.15, 0.2) is 0 Å². The molecule has 6 heteroatoms. The van der Waals surface area contributed by atoms with Crippen molar-refractivity contribution in [3.05, 3.63) is 0 Å². The molecule has 0 saturated carbocycles. The quantitative estimate of drug-likeness (QED) is 0.701. The zero-order valence-electron chi connectivity index (χ0n) is 9.93. The maximum absolute atomic E-state index is 11.8. The van der Waals surface area contributed by atoms with E-state index in [-0.39, 0.29) is 18.7 Å². The number of likely N-dealkylation sites (tertiary alicyclic amines) is 1. The molecule has 2 N–H and O–H groups in total. The second kappa shape index (κ2) is 4.78. The lowest BCUT2D eigenvalue weighted by Gasteiger charge is -2.27. The van der Waals surface area contributed by atoms with Gasteiger partial charge in [0.05, 0.1) is 18.7 Å². The Morgan fingerprint density at radius 2 is 2.25 bits per heavy atom. The number of ether oxygens (including phenoxy) is 1. The first-order chi connectivity index (χ1) is 7.37. The first kappa shape index (κ1) is 12.9. The van der Waals surface area contributed by atoms with Crippen LogP contribution in [0.5, 0.6) is 0 Å². The Labute approximate surface area is 95.1 Å². The van der Waals surface area contributed by atoms with E-state index in [1.165, 1.54) is 4.90 Å². The largest absolute Gasteiger partial charge is 0.444 e. The third kappa shape index (κ3) is 3.16. The van der Waals surface area contributed by atoms with Crippen molar-refractivity contribution in [2.24, 2.45) is 5.11 Å². The number of carbonyl (C=O) groups excluding carboxylic acids is 1. The molecule has 1 heterocycles. The van der Waals surface area contributed by atoms with E-state index in [1.54, 1.807) is 20.8 Å². The summed E-state index contributed by atoms with van der Waals surface area (Å²) in [5.74, 6) is 0. The molecule has 2 atom stereocenters. The average molecular weight is 229 g/mol. The van der Waals surface area contributed by atoms with E-state index in [2.05, 4.69) is 5.11 Å². The molecule has 1 rings (SSSR count). The van der Waals surface area contributed by atoms with Gasteiger partial charge >= 0.3 is 6.09 Å². The summed E-state index contributed by atoms with van der Waals surface area (Å²) >= 11 is 0. The van der Waals surface area contributed by atoms with E-state index >= 15 is 0 Å². The molecule has 0 bridgehead atoms. The molecule has 0 radical (unpaired) electrons. The van der Waals surface area contributed by atoms with Gasteiger partial charge in [0.1, 0.15) is 5.60 Å². The van der Waals surface area contributed by atoms with E-state index in [4.69, 9.17) is 15.4 Å². The van der Waals surface area contributed by atoms with Gasteiger partial charge in [0, 0.05) is 6.54 Å². The Balaban J connectivity index is 2.64. The molecule has 0 aromatic carbocycles. The highest BCUT2D eigenvalue weighted by molar-refractivity contribution is 5.69. The van der Waals surface area contributed by atoms with Crippen molar-refractivity contribution in [3.63, 3.8) is 0 Å². The van der Waals surface area contributed by atoms with Crippen molar-refractivity contribution in [1.29, 1.82) is 5.53 Å². The number of hydrogen-bond donors (Lipinski definition) is 2. The minimum Gasteiger partial charge on any atom is -0.444 e. The van der Waals surface area contributed by atoms with Gasteiger partial charge in [-0.1, -0.05) is 0 Å². The third-order valence-corrected chi connectivity index (χ3v) is 2.41. The number of nitrogens with one attached hydrogen (secondary N) is 1. The van der Waals surface area contributed by atoms with Crippen LogP contribution >= 0.6 is 0 Å². The van der Waals surface area contributed by atoms with Crippen LogP contribution in [-0.4, -0.2) is 46.9 Å². The monoisotopic (exact) mass is 229 g/mol. The molecule has 1 saturated heterocycles. The third-order valence-electron chi connectivity index (χ3n) is 2.41. The molecule has 1 aliphatic heterocycles. The van der Waals surface area contributed by atoms with Crippen molar-refractivity contribution in [1.82, 2.24) is 4.90 Å². The second-order valence-corrected chi connectivity index (χ2v) is 4.99. The molecule has 1 aliphatic rings. The molecular weight excluding hydrogens is 210 g/mol. The molecule has 6 nitrogen and oxygen atoms in total. The number of hydrogen-bond acceptors (Lipinski definition) is 5. The van der Waals surface area contributed by atoms with Crippen molar-refractivity contribution < 1.29 is 14.6 Å². The highest BCUT2D eigenvalue weighted by Gasteiger charge is 2.37. The van der Waals surface area contributed by atoms with Gasteiger partial charge in [-0.2, -0.15) is 5.11 Å². The summed E-state index contributed by atoms with van der Waals surface area (Å²) in [5.41, 5.74) is 6.39. The van der Waals surface area contributed by atoms with Crippen LogP contribution in [0.4, 0.5) is 4.79 Å². The Morgan fingerprint density at radius 3 is 2.69 bits per heavy atom. The summed E-state index contributed by atoms with van der Waals surface area (Å²) in [4.78, 5) is 13.2. The van der Waals surface area contributed by atoms with Crippen LogP contribution in [-0.2, 0) is 4.74 Å². The van der Waals surface area contributed by atoms with Gasteiger partial charge in [0.2, 0.25) is 0 Å². The van der Waals surface area contributed by atoms with E-state index in [0.29, 0.717) is 13.0 Å². The maximum atomic E-state index is 11.8. The lowest BCUT2D eigenvalue weighted by Crippen LogP contribution is -2.41. The van der Waals surface area contributed by atoms with Crippen molar-refractivity contribution in [3.8, 4) is 0 Å². The molecule has 2 unspecified atom stereocenters. The first-order valence-corrected chi connectivity index (χ1v) is 5.34. The zero-order chi connectivity index (χ0) is 12.3. The lowest BCUT2D eigenvalue weighted by molar-refractivity contribution is 0.0174. The van der Waals surface area contributed by atoms with Gasteiger partial charge in [-0.05, 0) is 27.2 Å². The zero-order valence-corrected chi connectivity index (χ0v) is 9.93. The number of aliphatic hydroxyl groups excluding tert-OH is 1. The summed E-state index contributed by atoms with van der Waals surface area (Å²) in [6.45, 7) is 5.61. The predicted molar refractivity (Wildman–Crippen MR) is 57.4 cm³/mol. The molecule has 0 aliphatic carbocycles. The number of amides is 1. The smallest absolute Gasteiger partial charge is 0.410 e. The van der Waals surface area contributed by atoms with Gasteiger partial charge in [0.25, 0.3) is 0 Å². The molecule has 16 heavy (non-hydrogen) atoms. The van der Waals surface area contributed by atoms with Crippen molar-refractivity contribution in [2.75, 3.05) is 13.2 Å². The summed E-state index contributed by atoms with van der Waals surface area (Å²) in [5, 5.41) is 12.5. The van der Waals surface area contributed by atoms with Crippen LogP contribution in [0.3, 0.4) is 0 Å². The van der Waals surface area contributed by atoms with Crippen LogP contribution in [0.15, 0.2) is 5.11 Å². The maximum Gasteiger partial charge on any atom is 0.410 e. The summed E-state index contributed by atoms with van der Waals surface area (Å²) < 4.78 is 5.22. The molecule has 1 amide bonds. The Hall–Kier alpha value is -1.17. The fourth-order valence-corrected chi connectivity index (χ4v) is 1.70. The average Bonchev–Trinajstić information content (AvgIpc) is 2.58. The van der Waals surface area contributed by atoms with Crippen molar-refractivity contribution >= 4 is 6.09 Å². The van der Waals surface area contributed by atoms with E-state index in [9.17, 15) is 4.79 Å². The van der Waals surface area contributed by atoms with Crippen LogP contribution < -0.4 is 0 Å². The molecular formula is C10H19N3O3. The first-order valence-electron chi connectivity index (χ1n) is 5.34. The van der Waals surface area contributed by atoms with Crippen LogP contribution in [0.25, 0.3) is 0 Å². The Kier molecular flexibility index (Phi) is 3.85. The highest BCUT2D eigenvalue weighted by atomic mass is 16.6. The summed E-state index contributed by atoms with van der Waals surface area (Å²) in [7, 11) is 0. The topological polar surface area (TPSA) is 86.0 Å². The summed E-state index contributed by atoms with van der Waals surface area (Å²) in [6.07, 6.45) is 0.0805. The van der Waals surface area contributed by atoms with Crippen LogP contribution in [0, 0.1) is 5.53 Å². The Bertz CT molecular complexity index is 275. The molecule has 0 aromatic rings. The fraction of sp³-hybridized carbons (Fsp3) is 0.900. The minimum atomic E-state index is -0.548. The molecule has 0 spiro atoms. The lowest BCUT2D eigenvalue weighted by atomic mass is 10.2. The molecule has 1 fully saturated rings. The highest BCUT2D eigenvalue weighted by Crippen LogP contribution is 2.22. The SMILES string of the molecule is CC(C)(C)OC(=O)N1CC(N=N)CC1CO. The van der Waals surface area contributed by atoms with E-state index in [1.807, 2.05) is 0 Å². The molecule has 0 aromatic heterocycles. The van der Waals surface area contributed by atoms with Gasteiger partial charge < -0.3 is 14.7 Å². The predicted octanol–water partition coefficient (Wildman–Crippen LogP) is 1.39. The number of carbonyl (C=O) groups is 1. The van der Waals surface area contributed by atoms with Crippen LogP contribution in [0.1, 0.15) is 27.2 Å². The van der Waals surface area contributed by atoms with E-state index in [0.717, 1.165) is 0 Å².